The van der Waals surface area contributed by atoms with Gasteiger partial charge in [-0.15, -0.1) is 0 Å². The molecule has 0 aliphatic heterocycles. The van der Waals surface area contributed by atoms with E-state index in [4.69, 9.17) is 24.7 Å². The maximum Gasteiger partial charge on any atom is 0.333 e. The third kappa shape index (κ3) is 7.21. The van der Waals surface area contributed by atoms with Gasteiger partial charge in [-0.25, -0.2) is 9.59 Å². The summed E-state index contributed by atoms with van der Waals surface area (Å²) in [6.07, 6.45) is 3.15. The minimum absolute atomic E-state index is 0.0362. The lowest BCUT2D eigenvalue weighted by atomic mass is 10.1. The number of allylic oxidation sites excluding steroid dienone is 1. The van der Waals surface area contributed by atoms with Crippen LogP contribution in [-0.2, 0) is 35.1 Å². The van der Waals surface area contributed by atoms with Gasteiger partial charge in [0.05, 0.1) is 6.42 Å². The van der Waals surface area contributed by atoms with Crippen LogP contribution in [0.3, 0.4) is 0 Å². The Morgan fingerprint density at radius 1 is 1.15 bits per heavy atom. The summed E-state index contributed by atoms with van der Waals surface area (Å²) < 4.78 is 17.1. The minimum atomic E-state index is -1.01. The Morgan fingerprint density at radius 3 is 2.47 bits per heavy atom. The van der Waals surface area contributed by atoms with Gasteiger partial charge in [0.15, 0.2) is 6.10 Å². The lowest BCUT2D eigenvalue weighted by molar-refractivity contribution is -0.164. The van der Waals surface area contributed by atoms with Gasteiger partial charge in [0.1, 0.15) is 30.9 Å². The summed E-state index contributed by atoms with van der Waals surface area (Å²) in [5.74, 6) is -1.97. The first kappa shape index (κ1) is 25.6. The zero-order valence-electron chi connectivity index (χ0n) is 18.7. The molecule has 0 saturated heterocycles. The Hall–Kier alpha value is -4.63. The van der Waals surface area contributed by atoms with E-state index in [1.165, 1.54) is 13.0 Å². The van der Waals surface area contributed by atoms with E-state index in [1.54, 1.807) is 6.20 Å². The van der Waals surface area contributed by atoms with Crippen molar-refractivity contribution in [2.24, 2.45) is 0 Å². The molecule has 0 fully saturated rings. The number of nitrogens with zero attached hydrogens (tertiary/aromatic N) is 3. The van der Waals surface area contributed by atoms with Gasteiger partial charge >= 0.3 is 17.9 Å². The van der Waals surface area contributed by atoms with E-state index in [2.05, 4.69) is 13.2 Å². The summed E-state index contributed by atoms with van der Waals surface area (Å²) in [6, 6.07) is 11.0. The number of benzene rings is 1. The molecular weight excluding hydrogens is 438 g/mol. The Morgan fingerprint density at radius 2 is 1.82 bits per heavy atom. The molecule has 0 bridgehead atoms. The molecule has 0 aliphatic rings. The van der Waals surface area contributed by atoms with Crippen molar-refractivity contribution >= 4 is 34.9 Å². The molecule has 174 valence electrons. The monoisotopic (exact) mass is 461 g/mol. The summed E-state index contributed by atoms with van der Waals surface area (Å²) in [5, 5.41) is 18.9. The zero-order valence-corrected chi connectivity index (χ0v) is 18.7. The van der Waals surface area contributed by atoms with E-state index in [-0.39, 0.29) is 37.3 Å². The number of ether oxygens (including phenoxy) is 3. The molecule has 1 unspecified atom stereocenters. The van der Waals surface area contributed by atoms with Gasteiger partial charge in [-0.2, -0.15) is 10.5 Å². The van der Waals surface area contributed by atoms with Crippen LogP contribution in [-0.4, -0.2) is 41.8 Å². The topological polar surface area (TPSA) is 131 Å². The Kier molecular flexibility index (Phi) is 9.36. The molecule has 0 radical (unpaired) electrons. The fourth-order valence-corrected chi connectivity index (χ4v) is 2.92. The van der Waals surface area contributed by atoms with Crippen molar-refractivity contribution in [1.29, 1.82) is 10.5 Å². The number of para-hydroxylation sites is 1. The fraction of sp³-hybridized carbons (Fsp3) is 0.240. The molecule has 1 heterocycles. The molecule has 9 heteroatoms. The molecule has 0 N–H and O–H groups in total. The number of hydrogen-bond donors (Lipinski definition) is 0. The second kappa shape index (κ2) is 12.4. The van der Waals surface area contributed by atoms with Crippen LogP contribution in [0.15, 0.2) is 60.8 Å². The van der Waals surface area contributed by atoms with Crippen LogP contribution in [0, 0.1) is 22.7 Å². The van der Waals surface area contributed by atoms with Gasteiger partial charge in [-0.1, -0.05) is 31.4 Å². The van der Waals surface area contributed by atoms with Crippen molar-refractivity contribution in [3.05, 3.63) is 66.4 Å². The molecule has 1 atom stereocenters. The van der Waals surface area contributed by atoms with Gasteiger partial charge in [-0.05, 0) is 19.1 Å². The summed E-state index contributed by atoms with van der Waals surface area (Å²) >= 11 is 0. The van der Waals surface area contributed by atoms with Gasteiger partial charge in [0.25, 0.3) is 0 Å². The number of fused-ring (bicyclic) bond motifs is 1. The normalized spacial score (nSPS) is 10.8. The minimum Gasteiger partial charge on any atom is -0.458 e. The average Bonchev–Trinajstić information content (AvgIpc) is 3.19. The number of rotatable bonds is 11. The Bertz CT molecular complexity index is 1210. The number of esters is 3. The summed E-state index contributed by atoms with van der Waals surface area (Å²) in [7, 11) is 0. The molecule has 2 aromatic rings. The van der Waals surface area contributed by atoms with E-state index in [9.17, 15) is 14.4 Å². The fourth-order valence-electron chi connectivity index (χ4n) is 2.92. The Balaban J connectivity index is 2.11. The largest absolute Gasteiger partial charge is 0.458 e. The van der Waals surface area contributed by atoms with Crippen LogP contribution >= 0.6 is 0 Å². The highest BCUT2D eigenvalue weighted by molar-refractivity contribution is 5.91. The highest BCUT2D eigenvalue weighted by atomic mass is 16.6. The summed E-state index contributed by atoms with van der Waals surface area (Å²) in [4.78, 5) is 35.5. The maximum atomic E-state index is 12.5. The molecule has 9 nitrogen and oxygen atoms in total. The molecule has 1 aromatic carbocycles. The number of nitriles is 2. The highest BCUT2D eigenvalue weighted by Crippen LogP contribution is 2.24. The SMILES string of the molecule is C=CC(=O)OCC(COC(=O)C(=C)C)OC(=O)CCn1cc(C=C(C#N)C#N)c2ccccc21. The van der Waals surface area contributed by atoms with E-state index in [1.807, 2.05) is 41.0 Å². The van der Waals surface area contributed by atoms with Crippen molar-refractivity contribution in [3.63, 3.8) is 0 Å². The van der Waals surface area contributed by atoms with E-state index >= 15 is 0 Å². The lowest BCUT2D eigenvalue weighted by Gasteiger charge is -2.18. The molecule has 1 aromatic heterocycles. The number of aromatic nitrogens is 1. The number of carbonyl (C=O) groups is 3. The molecule has 0 saturated carbocycles. The van der Waals surface area contributed by atoms with E-state index in [0.29, 0.717) is 5.56 Å². The van der Waals surface area contributed by atoms with Crippen molar-refractivity contribution in [2.45, 2.75) is 26.0 Å². The summed E-state index contributed by atoms with van der Waals surface area (Å²) in [6.45, 7) is 7.86. The van der Waals surface area contributed by atoms with Crippen LogP contribution < -0.4 is 0 Å². The predicted molar refractivity (Wildman–Crippen MR) is 123 cm³/mol. The van der Waals surface area contributed by atoms with Crippen LogP contribution in [0.4, 0.5) is 0 Å². The number of aryl methyl sites for hydroxylation is 1. The van der Waals surface area contributed by atoms with Gasteiger partial charge in [-0.3, -0.25) is 4.79 Å². The standard InChI is InChI=1S/C25H23N3O6/c1-4-23(29)32-15-20(16-33-25(31)17(2)3)34-24(30)9-10-28-14-19(11-18(12-26)13-27)21-7-5-6-8-22(21)28/h4-8,11,14,20H,1-2,9-10,15-16H2,3H3. The molecule has 0 spiro atoms. The second-order valence-electron chi connectivity index (χ2n) is 7.15. The quantitative estimate of drug-likeness (QED) is 0.216. The molecule has 34 heavy (non-hydrogen) atoms. The predicted octanol–water partition coefficient (Wildman–Crippen LogP) is 3.22. The van der Waals surface area contributed by atoms with Gasteiger partial charge in [0.2, 0.25) is 0 Å². The Labute approximate surface area is 196 Å². The average molecular weight is 461 g/mol. The van der Waals surface area contributed by atoms with Gasteiger partial charge in [0, 0.05) is 40.9 Å². The molecule has 0 aliphatic carbocycles. The maximum absolute atomic E-state index is 12.5. The van der Waals surface area contributed by atoms with Crippen LogP contribution in [0.2, 0.25) is 0 Å². The second-order valence-corrected chi connectivity index (χ2v) is 7.15. The first-order chi connectivity index (χ1) is 16.3. The van der Waals surface area contributed by atoms with Crippen LogP contribution in [0.5, 0.6) is 0 Å². The molecule has 2 rings (SSSR count). The van der Waals surface area contributed by atoms with Crippen molar-refractivity contribution in [1.82, 2.24) is 4.57 Å². The first-order valence-corrected chi connectivity index (χ1v) is 10.2. The van der Waals surface area contributed by atoms with Crippen molar-refractivity contribution in [3.8, 4) is 12.1 Å². The zero-order chi connectivity index (χ0) is 25.1. The van der Waals surface area contributed by atoms with Gasteiger partial charge < -0.3 is 18.8 Å². The number of hydrogen-bond acceptors (Lipinski definition) is 8. The van der Waals surface area contributed by atoms with Crippen molar-refractivity contribution in [2.75, 3.05) is 13.2 Å². The summed E-state index contributed by atoms with van der Waals surface area (Å²) in [5.41, 5.74) is 1.61. The highest BCUT2D eigenvalue weighted by Gasteiger charge is 2.19. The van der Waals surface area contributed by atoms with E-state index < -0.39 is 24.0 Å². The molecule has 0 amide bonds. The lowest BCUT2D eigenvalue weighted by Crippen LogP contribution is -2.31. The van der Waals surface area contributed by atoms with Crippen LogP contribution in [0.25, 0.3) is 17.0 Å². The van der Waals surface area contributed by atoms with E-state index in [0.717, 1.165) is 17.0 Å². The first-order valence-electron chi connectivity index (χ1n) is 10.2. The van der Waals surface area contributed by atoms with Crippen molar-refractivity contribution < 1.29 is 28.6 Å². The third-order valence-corrected chi connectivity index (χ3v) is 4.54. The number of carbonyl (C=O) groups excluding carboxylic acids is 3. The molecular formula is C25H23N3O6. The third-order valence-electron chi connectivity index (χ3n) is 4.54. The van der Waals surface area contributed by atoms with Crippen LogP contribution in [0.1, 0.15) is 18.9 Å². The smallest absolute Gasteiger partial charge is 0.333 e.